The normalized spacial score (nSPS) is 13.4. The Balaban J connectivity index is 0.000000677. The minimum absolute atomic E-state index is 0.849. The van der Waals surface area contributed by atoms with E-state index in [2.05, 4.69) is 58.9 Å². The Hall–Kier alpha value is -1.04. The summed E-state index contributed by atoms with van der Waals surface area (Å²) < 4.78 is 0. The molecule has 1 aliphatic rings. The highest BCUT2D eigenvalue weighted by molar-refractivity contribution is 5.60. The van der Waals surface area contributed by atoms with Crippen LogP contribution < -0.4 is 0 Å². The largest absolute Gasteiger partial charge is 0.0696 e. The molecule has 0 spiro atoms. The van der Waals surface area contributed by atoms with Crippen LogP contribution in [-0.2, 0) is 0 Å². The van der Waals surface area contributed by atoms with Gasteiger partial charge >= 0.3 is 0 Å². The van der Waals surface area contributed by atoms with Gasteiger partial charge in [0.05, 0.1) is 0 Å². The van der Waals surface area contributed by atoms with Crippen LogP contribution >= 0.6 is 0 Å². The summed E-state index contributed by atoms with van der Waals surface area (Å²) in [4.78, 5) is 0. The van der Waals surface area contributed by atoms with E-state index in [9.17, 15) is 0 Å². The van der Waals surface area contributed by atoms with Crippen LogP contribution in [0.4, 0.5) is 0 Å². The van der Waals surface area contributed by atoms with Gasteiger partial charge in [-0.1, -0.05) is 76.8 Å². The number of benzene rings is 1. The van der Waals surface area contributed by atoms with Crippen molar-refractivity contribution in [1.82, 2.24) is 0 Å². The minimum atomic E-state index is 0.849. The zero-order valence-corrected chi connectivity index (χ0v) is 14.8. The molecule has 1 fully saturated rings. The fourth-order valence-electron chi connectivity index (χ4n) is 2.89. The molecule has 0 nitrogen and oxygen atoms in total. The van der Waals surface area contributed by atoms with Crippen LogP contribution in [0.1, 0.15) is 95.2 Å². The maximum Gasteiger partial charge on any atom is -0.0153 e. The Morgan fingerprint density at radius 2 is 1.62 bits per heavy atom. The third kappa shape index (κ3) is 6.08. The Morgan fingerprint density at radius 3 is 2.10 bits per heavy atom. The molecule has 1 saturated carbocycles. The lowest BCUT2D eigenvalue weighted by Gasteiger charge is -2.11. The molecule has 118 valence electrons. The lowest BCUT2D eigenvalue weighted by Crippen LogP contribution is -1.92. The van der Waals surface area contributed by atoms with Gasteiger partial charge in [0.1, 0.15) is 0 Å². The molecule has 0 bridgehead atoms. The van der Waals surface area contributed by atoms with Gasteiger partial charge in [0.15, 0.2) is 0 Å². The first kappa shape index (κ1) is 18.0. The van der Waals surface area contributed by atoms with Crippen molar-refractivity contribution in [3.63, 3.8) is 0 Å². The summed E-state index contributed by atoms with van der Waals surface area (Å²) in [5.74, 6) is 0.849. The molecule has 0 N–H and O–H groups in total. The molecule has 1 aliphatic carbocycles. The van der Waals surface area contributed by atoms with Gasteiger partial charge in [-0.25, -0.2) is 0 Å². The van der Waals surface area contributed by atoms with Crippen molar-refractivity contribution in [3.05, 3.63) is 40.5 Å². The smallest absolute Gasteiger partial charge is 0.0153 e. The van der Waals surface area contributed by atoms with Gasteiger partial charge in [0, 0.05) is 0 Å². The first-order valence-electron chi connectivity index (χ1n) is 8.96. The molecule has 0 atom stereocenters. The molecule has 0 amide bonds. The predicted molar refractivity (Wildman–Crippen MR) is 96.9 cm³/mol. The fourth-order valence-corrected chi connectivity index (χ4v) is 2.89. The highest BCUT2D eigenvalue weighted by Crippen LogP contribution is 2.43. The minimum Gasteiger partial charge on any atom is -0.0696 e. The predicted octanol–water partition coefficient (Wildman–Crippen LogP) is 7.27. The Labute approximate surface area is 132 Å². The van der Waals surface area contributed by atoms with E-state index in [-0.39, 0.29) is 0 Å². The van der Waals surface area contributed by atoms with Crippen LogP contribution in [0, 0.1) is 6.92 Å². The van der Waals surface area contributed by atoms with Crippen molar-refractivity contribution in [2.24, 2.45) is 0 Å². The first-order chi connectivity index (χ1) is 10.2. The fraction of sp³-hybridized carbons (Fsp3) is 0.619. The van der Waals surface area contributed by atoms with Gasteiger partial charge in [0.25, 0.3) is 0 Å². The molecule has 0 heterocycles. The van der Waals surface area contributed by atoms with Crippen molar-refractivity contribution in [2.45, 2.75) is 85.5 Å². The molecule has 2 rings (SSSR count). The van der Waals surface area contributed by atoms with Crippen molar-refractivity contribution in [3.8, 4) is 0 Å². The number of hydrogen-bond acceptors (Lipinski definition) is 0. The third-order valence-corrected chi connectivity index (χ3v) is 3.85. The topological polar surface area (TPSA) is 0 Å². The zero-order chi connectivity index (χ0) is 15.7. The Bertz CT molecular complexity index is 427. The SMILES string of the molecule is CCC.CCCC(=Cc1cccc(C)c1C1CC1)CCC. The maximum absolute atomic E-state index is 2.48. The number of rotatable bonds is 6. The molecular formula is C21H34. The summed E-state index contributed by atoms with van der Waals surface area (Å²) in [5.41, 5.74) is 6.24. The van der Waals surface area contributed by atoms with Gasteiger partial charge in [0.2, 0.25) is 0 Å². The van der Waals surface area contributed by atoms with E-state index in [1.165, 1.54) is 56.1 Å². The van der Waals surface area contributed by atoms with E-state index in [1.807, 2.05) is 0 Å². The monoisotopic (exact) mass is 286 g/mol. The summed E-state index contributed by atoms with van der Waals surface area (Å²) in [6, 6.07) is 6.79. The van der Waals surface area contributed by atoms with Gasteiger partial charge < -0.3 is 0 Å². The molecule has 0 heteroatoms. The average Bonchev–Trinajstić information content (AvgIpc) is 3.25. The summed E-state index contributed by atoms with van der Waals surface area (Å²) in [6.45, 7) is 11.1. The average molecular weight is 287 g/mol. The van der Waals surface area contributed by atoms with Crippen molar-refractivity contribution in [1.29, 1.82) is 0 Å². The summed E-state index contributed by atoms with van der Waals surface area (Å²) in [7, 11) is 0. The van der Waals surface area contributed by atoms with Crippen LogP contribution in [0.5, 0.6) is 0 Å². The van der Waals surface area contributed by atoms with E-state index in [4.69, 9.17) is 0 Å². The van der Waals surface area contributed by atoms with Gasteiger partial charge in [-0.15, -0.1) is 0 Å². The maximum atomic E-state index is 2.48. The Morgan fingerprint density at radius 1 is 1.05 bits per heavy atom. The summed E-state index contributed by atoms with van der Waals surface area (Å²) >= 11 is 0. The molecule has 0 aromatic heterocycles. The second-order valence-electron chi connectivity index (χ2n) is 6.36. The molecule has 0 aliphatic heterocycles. The number of allylic oxidation sites excluding steroid dienone is 1. The van der Waals surface area contributed by atoms with Crippen molar-refractivity contribution in [2.75, 3.05) is 0 Å². The van der Waals surface area contributed by atoms with Crippen LogP contribution in [-0.4, -0.2) is 0 Å². The van der Waals surface area contributed by atoms with Crippen molar-refractivity contribution < 1.29 is 0 Å². The quantitative estimate of drug-likeness (QED) is 0.515. The van der Waals surface area contributed by atoms with Crippen LogP contribution in [0.3, 0.4) is 0 Å². The molecule has 0 radical (unpaired) electrons. The molecule has 21 heavy (non-hydrogen) atoms. The molecule has 0 saturated heterocycles. The molecular weight excluding hydrogens is 252 g/mol. The van der Waals surface area contributed by atoms with E-state index in [1.54, 1.807) is 11.1 Å². The van der Waals surface area contributed by atoms with E-state index in [0.717, 1.165) is 5.92 Å². The van der Waals surface area contributed by atoms with E-state index < -0.39 is 0 Å². The first-order valence-corrected chi connectivity index (χ1v) is 8.96. The third-order valence-electron chi connectivity index (χ3n) is 3.85. The second-order valence-corrected chi connectivity index (χ2v) is 6.36. The zero-order valence-electron chi connectivity index (χ0n) is 14.8. The molecule has 1 aromatic rings. The van der Waals surface area contributed by atoms with E-state index in [0.29, 0.717) is 0 Å². The molecule has 0 unspecified atom stereocenters. The number of aryl methyl sites for hydroxylation is 1. The van der Waals surface area contributed by atoms with Gasteiger partial charge in [-0.05, 0) is 55.2 Å². The lowest BCUT2D eigenvalue weighted by atomic mass is 9.94. The van der Waals surface area contributed by atoms with Crippen LogP contribution in [0.2, 0.25) is 0 Å². The summed E-state index contributed by atoms with van der Waals surface area (Å²) in [6.07, 6.45) is 11.5. The van der Waals surface area contributed by atoms with Gasteiger partial charge in [-0.3, -0.25) is 0 Å². The van der Waals surface area contributed by atoms with Crippen molar-refractivity contribution >= 4 is 6.08 Å². The number of hydrogen-bond donors (Lipinski definition) is 0. The van der Waals surface area contributed by atoms with E-state index >= 15 is 0 Å². The van der Waals surface area contributed by atoms with Crippen LogP contribution in [0.25, 0.3) is 6.08 Å². The highest BCUT2D eigenvalue weighted by Gasteiger charge is 2.26. The van der Waals surface area contributed by atoms with Gasteiger partial charge in [-0.2, -0.15) is 0 Å². The van der Waals surface area contributed by atoms with Crippen LogP contribution in [0.15, 0.2) is 23.8 Å². The highest BCUT2D eigenvalue weighted by atomic mass is 14.3. The Kier molecular flexibility index (Phi) is 8.42. The standard InChI is InChI=1S/C18H26.C3H8/c1-4-7-15(8-5-2)13-17-10-6-9-14(3)18(17)16-11-12-16;1-3-2/h6,9-10,13,16H,4-5,7-8,11-12H2,1-3H3;3H2,1-2H3. The molecule has 1 aromatic carbocycles. The second kappa shape index (κ2) is 9.82. The lowest BCUT2D eigenvalue weighted by molar-refractivity contribution is 0.810. The summed E-state index contributed by atoms with van der Waals surface area (Å²) in [5, 5.41) is 0.